The third-order valence-electron chi connectivity index (χ3n) is 1.44. The van der Waals surface area contributed by atoms with Crippen LogP contribution in [0.15, 0.2) is 30.3 Å². The van der Waals surface area contributed by atoms with E-state index in [4.69, 9.17) is 4.74 Å². The molecule has 0 aromatic heterocycles. The SMILES string of the molecule is CC(C)OC(=O)[CH]c1ccccc1. The van der Waals surface area contributed by atoms with E-state index < -0.39 is 0 Å². The molecule has 0 N–H and O–H groups in total. The van der Waals surface area contributed by atoms with Crippen molar-refractivity contribution in [2.24, 2.45) is 0 Å². The highest BCUT2D eigenvalue weighted by atomic mass is 16.5. The van der Waals surface area contributed by atoms with Gasteiger partial charge in [-0.3, -0.25) is 4.79 Å². The fourth-order valence-corrected chi connectivity index (χ4v) is 0.952. The molecule has 0 saturated carbocycles. The van der Waals surface area contributed by atoms with Gasteiger partial charge in [-0.2, -0.15) is 0 Å². The molecule has 0 amide bonds. The van der Waals surface area contributed by atoms with Gasteiger partial charge in [-0.25, -0.2) is 0 Å². The van der Waals surface area contributed by atoms with Gasteiger partial charge in [-0.15, -0.1) is 0 Å². The average Bonchev–Trinajstić information content (AvgIpc) is 2.04. The largest absolute Gasteiger partial charge is 0.462 e. The molecule has 0 aliphatic carbocycles. The lowest BCUT2D eigenvalue weighted by Gasteiger charge is -2.06. The Hall–Kier alpha value is -1.31. The molecule has 2 heteroatoms. The van der Waals surface area contributed by atoms with Crippen molar-refractivity contribution < 1.29 is 9.53 Å². The maximum absolute atomic E-state index is 11.1. The van der Waals surface area contributed by atoms with Crippen molar-refractivity contribution in [3.05, 3.63) is 42.3 Å². The number of rotatable bonds is 3. The zero-order valence-electron chi connectivity index (χ0n) is 7.86. The predicted octanol–water partition coefficient (Wildman–Crippen LogP) is 2.19. The summed E-state index contributed by atoms with van der Waals surface area (Å²) in [6, 6.07) is 9.40. The van der Waals surface area contributed by atoms with Crippen LogP contribution in [0.2, 0.25) is 0 Å². The van der Waals surface area contributed by atoms with Crippen LogP contribution >= 0.6 is 0 Å². The van der Waals surface area contributed by atoms with Crippen molar-refractivity contribution in [2.75, 3.05) is 0 Å². The molecule has 2 nitrogen and oxygen atoms in total. The van der Waals surface area contributed by atoms with Crippen LogP contribution in [0.4, 0.5) is 0 Å². The van der Waals surface area contributed by atoms with Gasteiger partial charge in [0, 0.05) is 0 Å². The maximum atomic E-state index is 11.1. The lowest BCUT2D eigenvalue weighted by molar-refractivity contribution is -0.142. The summed E-state index contributed by atoms with van der Waals surface area (Å²) in [7, 11) is 0. The molecule has 1 aromatic carbocycles. The predicted molar refractivity (Wildman–Crippen MR) is 51.1 cm³/mol. The zero-order valence-corrected chi connectivity index (χ0v) is 7.86. The van der Waals surface area contributed by atoms with Gasteiger partial charge in [-0.1, -0.05) is 30.3 Å². The lowest BCUT2D eigenvalue weighted by Crippen LogP contribution is -2.11. The molecule has 1 rings (SSSR count). The summed E-state index contributed by atoms with van der Waals surface area (Å²) in [6.07, 6.45) is 1.42. The van der Waals surface area contributed by atoms with Gasteiger partial charge in [0.25, 0.3) is 0 Å². The van der Waals surface area contributed by atoms with Crippen molar-refractivity contribution in [1.29, 1.82) is 0 Å². The van der Waals surface area contributed by atoms with Gasteiger partial charge in [0.2, 0.25) is 0 Å². The molecular weight excluding hydrogens is 164 g/mol. The Morgan fingerprint density at radius 3 is 2.46 bits per heavy atom. The van der Waals surface area contributed by atoms with Gasteiger partial charge in [-0.05, 0) is 19.4 Å². The molecule has 0 fully saturated rings. The first kappa shape index (κ1) is 9.78. The summed E-state index contributed by atoms with van der Waals surface area (Å²) in [6.45, 7) is 3.66. The van der Waals surface area contributed by atoms with Crippen molar-refractivity contribution >= 4 is 5.97 Å². The molecule has 69 valence electrons. The van der Waals surface area contributed by atoms with Crippen molar-refractivity contribution in [1.82, 2.24) is 0 Å². The second-order valence-corrected chi connectivity index (χ2v) is 3.04. The molecule has 0 aliphatic rings. The Morgan fingerprint density at radius 2 is 1.92 bits per heavy atom. The molecule has 0 aliphatic heterocycles. The zero-order chi connectivity index (χ0) is 9.68. The number of carbonyl (C=O) groups excluding carboxylic acids is 1. The van der Waals surface area contributed by atoms with Crippen LogP contribution in [0.3, 0.4) is 0 Å². The summed E-state index contributed by atoms with van der Waals surface area (Å²) >= 11 is 0. The molecule has 0 atom stereocenters. The minimum absolute atomic E-state index is 0.0625. The first-order valence-corrected chi connectivity index (χ1v) is 4.29. The molecule has 0 unspecified atom stereocenters. The van der Waals surface area contributed by atoms with Crippen molar-refractivity contribution in [2.45, 2.75) is 20.0 Å². The minimum atomic E-state index is -0.291. The highest BCUT2D eigenvalue weighted by Gasteiger charge is 2.06. The summed E-state index contributed by atoms with van der Waals surface area (Å²) < 4.78 is 4.96. The van der Waals surface area contributed by atoms with Crippen LogP contribution in [0.1, 0.15) is 19.4 Å². The summed E-state index contributed by atoms with van der Waals surface area (Å²) in [5.41, 5.74) is 0.869. The Morgan fingerprint density at radius 1 is 1.31 bits per heavy atom. The number of benzene rings is 1. The fraction of sp³-hybridized carbons (Fsp3) is 0.273. The molecule has 0 spiro atoms. The van der Waals surface area contributed by atoms with E-state index in [-0.39, 0.29) is 12.1 Å². The number of carbonyl (C=O) groups is 1. The topological polar surface area (TPSA) is 26.3 Å². The highest BCUT2D eigenvalue weighted by molar-refractivity contribution is 5.83. The van der Waals surface area contributed by atoms with Crippen LogP contribution < -0.4 is 0 Å². The quantitative estimate of drug-likeness (QED) is 0.661. The first-order valence-electron chi connectivity index (χ1n) is 4.29. The summed E-state index contributed by atoms with van der Waals surface area (Å²) in [4.78, 5) is 11.1. The van der Waals surface area contributed by atoms with E-state index in [0.29, 0.717) is 0 Å². The number of hydrogen-bond donors (Lipinski definition) is 0. The summed E-state index contributed by atoms with van der Waals surface area (Å²) in [5.74, 6) is -0.291. The van der Waals surface area contributed by atoms with Gasteiger partial charge >= 0.3 is 5.97 Å². The number of esters is 1. The minimum Gasteiger partial charge on any atom is -0.462 e. The van der Waals surface area contributed by atoms with E-state index in [0.717, 1.165) is 5.56 Å². The average molecular weight is 177 g/mol. The van der Waals surface area contributed by atoms with E-state index in [9.17, 15) is 4.79 Å². The Kier molecular flexibility index (Phi) is 3.50. The van der Waals surface area contributed by atoms with Gasteiger partial charge in [0.1, 0.15) is 0 Å². The van der Waals surface area contributed by atoms with Gasteiger partial charge < -0.3 is 4.74 Å². The standard InChI is InChI=1S/C11H13O2/c1-9(2)13-11(12)8-10-6-4-3-5-7-10/h3-9H,1-2H3. The van der Waals surface area contributed by atoms with Crippen LogP contribution in [0, 0.1) is 6.42 Å². The number of hydrogen-bond acceptors (Lipinski definition) is 2. The van der Waals surface area contributed by atoms with Crippen LogP contribution in [0.5, 0.6) is 0 Å². The van der Waals surface area contributed by atoms with Gasteiger partial charge in [0.15, 0.2) is 0 Å². The summed E-state index contributed by atoms with van der Waals surface area (Å²) in [5, 5.41) is 0. The molecule has 1 aromatic rings. The van der Waals surface area contributed by atoms with E-state index in [2.05, 4.69) is 0 Å². The molecule has 0 saturated heterocycles. The van der Waals surface area contributed by atoms with Crippen LogP contribution in [0.25, 0.3) is 0 Å². The highest BCUT2D eigenvalue weighted by Crippen LogP contribution is 2.04. The molecule has 13 heavy (non-hydrogen) atoms. The third-order valence-corrected chi connectivity index (χ3v) is 1.44. The van der Waals surface area contributed by atoms with Crippen molar-refractivity contribution in [3.63, 3.8) is 0 Å². The Labute approximate surface area is 78.5 Å². The molecule has 0 bridgehead atoms. The second kappa shape index (κ2) is 4.65. The maximum Gasteiger partial charge on any atom is 0.314 e. The van der Waals surface area contributed by atoms with Crippen molar-refractivity contribution in [3.8, 4) is 0 Å². The number of ether oxygens (including phenoxy) is 1. The first-order chi connectivity index (χ1) is 6.18. The normalized spacial score (nSPS) is 10.1. The Balaban J connectivity index is 2.46. The van der Waals surface area contributed by atoms with E-state index in [1.165, 1.54) is 6.42 Å². The lowest BCUT2D eigenvalue weighted by atomic mass is 10.2. The molecular formula is C11H13O2. The molecule has 1 radical (unpaired) electrons. The van der Waals surface area contributed by atoms with Crippen LogP contribution in [-0.2, 0) is 9.53 Å². The third kappa shape index (κ3) is 3.74. The fourth-order valence-electron chi connectivity index (χ4n) is 0.952. The Bertz CT molecular complexity index is 265. The van der Waals surface area contributed by atoms with E-state index in [1.807, 2.05) is 44.2 Å². The van der Waals surface area contributed by atoms with Gasteiger partial charge in [0.05, 0.1) is 12.5 Å². The van der Waals surface area contributed by atoms with E-state index in [1.54, 1.807) is 0 Å². The molecule has 0 heterocycles. The second-order valence-electron chi connectivity index (χ2n) is 3.04. The monoisotopic (exact) mass is 177 g/mol. The van der Waals surface area contributed by atoms with Crippen LogP contribution in [-0.4, -0.2) is 12.1 Å². The smallest absolute Gasteiger partial charge is 0.314 e. The van der Waals surface area contributed by atoms with E-state index >= 15 is 0 Å².